The minimum absolute atomic E-state index is 0.0809. The number of Topliss-reactive ketones (excluding diaryl/α,β-unsaturated/α-hetero) is 1. The summed E-state index contributed by atoms with van der Waals surface area (Å²) < 4.78 is 18.5. The molecule has 0 aliphatic rings. The summed E-state index contributed by atoms with van der Waals surface area (Å²) in [4.78, 5) is 32.8. The van der Waals surface area contributed by atoms with Crippen molar-refractivity contribution in [2.45, 2.75) is 12.5 Å². The number of methoxy groups -OCH3 is 1. The Morgan fingerprint density at radius 1 is 1.33 bits per heavy atom. The van der Waals surface area contributed by atoms with Crippen molar-refractivity contribution in [2.24, 2.45) is 0 Å². The van der Waals surface area contributed by atoms with Gasteiger partial charge in [0.1, 0.15) is 17.9 Å². The molecule has 8 nitrogen and oxygen atoms in total. The van der Waals surface area contributed by atoms with Crippen molar-refractivity contribution in [3.05, 3.63) is 24.0 Å². The van der Waals surface area contributed by atoms with Crippen molar-refractivity contribution in [3.63, 3.8) is 0 Å². The number of hydrogen-bond acceptors (Lipinski definition) is 6. The average Bonchev–Trinajstić information content (AvgIpc) is 2.39. The molecule has 0 aliphatic heterocycles. The number of ketones is 1. The van der Waals surface area contributed by atoms with E-state index in [1.807, 2.05) is 0 Å². The van der Waals surface area contributed by atoms with Crippen LogP contribution in [0, 0.1) is 5.82 Å². The molecule has 0 saturated heterocycles. The van der Waals surface area contributed by atoms with Crippen LogP contribution in [0.5, 0.6) is 5.75 Å². The molecule has 0 fully saturated rings. The van der Waals surface area contributed by atoms with Crippen molar-refractivity contribution in [1.82, 2.24) is 5.43 Å². The number of aliphatic carboxylic acids is 2. The highest BCUT2D eigenvalue weighted by Crippen LogP contribution is 2.26. The Morgan fingerprint density at radius 2 is 2.00 bits per heavy atom. The lowest BCUT2D eigenvalue weighted by Crippen LogP contribution is -2.47. The Balaban J connectivity index is 2.86. The van der Waals surface area contributed by atoms with Gasteiger partial charge in [-0.05, 0) is 12.1 Å². The quantitative estimate of drug-likeness (QED) is 0.397. The number of carbonyl (C=O) groups excluding carboxylic acids is 1. The second-order valence-corrected chi connectivity index (χ2v) is 3.89. The van der Waals surface area contributed by atoms with Crippen molar-refractivity contribution in [3.8, 4) is 5.75 Å². The molecule has 0 saturated carbocycles. The van der Waals surface area contributed by atoms with Gasteiger partial charge in [0.2, 0.25) is 0 Å². The maximum absolute atomic E-state index is 13.6. The molecule has 0 spiro atoms. The minimum Gasteiger partial charge on any atom is -0.494 e. The summed E-state index contributed by atoms with van der Waals surface area (Å²) >= 11 is 0. The fraction of sp³-hybridized carbons (Fsp3) is 0.250. The first-order valence-electron chi connectivity index (χ1n) is 5.68. The zero-order valence-corrected chi connectivity index (χ0v) is 10.9. The van der Waals surface area contributed by atoms with E-state index in [9.17, 15) is 18.8 Å². The Hall–Kier alpha value is -2.68. The van der Waals surface area contributed by atoms with E-state index >= 15 is 0 Å². The molecule has 1 atom stereocenters. The highest BCUT2D eigenvalue weighted by molar-refractivity contribution is 6.08. The topological polar surface area (TPSA) is 125 Å². The molecule has 0 heterocycles. The van der Waals surface area contributed by atoms with Gasteiger partial charge in [-0.3, -0.25) is 9.59 Å². The van der Waals surface area contributed by atoms with Gasteiger partial charge in [0.15, 0.2) is 17.6 Å². The number of ether oxygens (including phenoxy) is 1. The van der Waals surface area contributed by atoms with E-state index < -0.39 is 36.0 Å². The lowest BCUT2D eigenvalue weighted by atomic mass is 10.1. The fourth-order valence-electron chi connectivity index (χ4n) is 1.47. The summed E-state index contributed by atoms with van der Waals surface area (Å²) in [7, 11) is 1.28. The van der Waals surface area contributed by atoms with Crippen LogP contribution < -0.4 is 15.6 Å². The summed E-state index contributed by atoms with van der Waals surface area (Å²) in [5.74, 6) is -4.80. The van der Waals surface area contributed by atoms with E-state index in [1.54, 1.807) is 0 Å². The third kappa shape index (κ3) is 4.42. The Kier molecular flexibility index (Phi) is 5.61. The van der Waals surface area contributed by atoms with Crippen LogP contribution in [0.15, 0.2) is 18.2 Å². The molecule has 1 aromatic rings. The van der Waals surface area contributed by atoms with Crippen molar-refractivity contribution in [1.29, 1.82) is 0 Å². The number of para-hydroxylation sites is 1. The number of carbonyl (C=O) groups is 3. The number of halogens is 1. The van der Waals surface area contributed by atoms with Gasteiger partial charge in [-0.1, -0.05) is 6.07 Å². The van der Waals surface area contributed by atoms with E-state index in [0.717, 1.165) is 6.07 Å². The summed E-state index contributed by atoms with van der Waals surface area (Å²) in [5, 5.41) is 17.4. The second kappa shape index (κ2) is 7.20. The average molecular weight is 300 g/mol. The number of carboxylic acid groups (broad SMARTS) is 2. The first kappa shape index (κ1) is 16.4. The molecule has 0 radical (unpaired) electrons. The summed E-state index contributed by atoms with van der Waals surface area (Å²) in [6.45, 7) is 0. The molecule has 9 heteroatoms. The third-order valence-electron chi connectivity index (χ3n) is 2.43. The van der Waals surface area contributed by atoms with Crippen molar-refractivity contribution in [2.75, 3.05) is 12.5 Å². The standard InChI is InChI=1S/C12H13FN2O6/c1-21-8-4-2-3-6(13)10(8)14-15-11(12(19)20)7(16)5-9(17)18/h2-4,11,14-15H,5H2,1H3,(H,17,18)(H,19,20). The van der Waals surface area contributed by atoms with Gasteiger partial charge in [0.25, 0.3) is 0 Å². The van der Waals surface area contributed by atoms with E-state index in [2.05, 4.69) is 10.9 Å². The lowest BCUT2D eigenvalue weighted by molar-refractivity contribution is -0.145. The predicted molar refractivity (Wildman–Crippen MR) is 68.4 cm³/mol. The van der Waals surface area contributed by atoms with Gasteiger partial charge in [0.05, 0.1) is 7.11 Å². The van der Waals surface area contributed by atoms with Crippen molar-refractivity contribution < 1.29 is 33.7 Å². The zero-order valence-electron chi connectivity index (χ0n) is 10.9. The van der Waals surface area contributed by atoms with Crippen LogP contribution >= 0.6 is 0 Å². The number of nitrogens with one attached hydrogen (secondary N) is 2. The minimum atomic E-state index is -1.84. The molecule has 0 aromatic heterocycles. The van der Waals surface area contributed by atoms with Gasteiger partial charge in [0, 0.05) is 0 Å². The first-order chi connectivity index (χ1) is 9.86. The van der Waals surface area contributed by atoms with E-state index in [1.165, 1.54) is 19.2 Å². The highest BCUT2D eigenvalue weighted by Gasteiger charge is 2.28. The van der Waals surface area contributed by atoms with Crippen LogP contribution in [-0.2, 0) is 14.4 Å². The molecule has 1 rings (SSSR count). The SMILES string of the molecule is COc1cccc(F)c1NNC(C(=O)O)C(=O)CC(=O)O. The number of anilines is 1. The predicted octanol–water partition coefficient (Wildman–Crippen LogP) is 0.248. The molecular formula is C12H13FN2O6. The zero-order chi connectivity index (χ0) is 16.0. The molecule has 0 amide bonds. The second-order valence-electron chi connectivity index (χ2n) is 3.89. The Morgan fingerprint density at radius 3 is 2.52 bits per heavy atom. The van der Waals surface area contributed by atoms with Crippen LogP contribution in [0.4, 0.5) is 10.1 Å². The van der Waals surface area contributed by atoms with Crippen molar-refractivity contribution >= 4 is 23.4 Å². The van der Waals surface area contributed by atoms with Gasteiger partial charge < -0.3 is 20.4 Å². The molecule has 114 valence electrons. The maximum atomic E-state index is 13.6. The summed E-state index contributed by atoms with van der Waals surface area (Å²) in [5.41, 5.74) is 4.10. The number of benzene rings is 1. The van der Waals surface area contributed by atoms with Crippen LogP contribution in [0.1, 0.15) is 6.42 Å². The fourth-order valence-corrected chi connectivity index (χ4v) is 1.47. The normalized spacial score (nSPS) is 11.5. The van der Waals surface area contributed by atoms with E-state index in [-0.39, 0.29) is 11.4 Å². The molecule has 1 aromatic carbocycles. The van der Waals surface area contributed by atoms with E-state index in [0.29, 0.717) is 0 Å². The largest absolute Gasteiger partial charge is 0.494 e. The van der Waals surface area contributed by atoms with Crippen LogP contribution in [0.3, 0.4) is 0 Å². The van der Waals surface area contributed by atoms with Crippen LogP contribution in [0.2, 0.25) is 0 Å². The van der Waals surface area contributed by atoms with Crippen LogP contribution in [-0.4, -0.2) is 41.1 Å². The third-order valence-corrected chi connectivity index (χ3v) is 2.43. The molecule has 21 heavy (non-hydrogen) atoms. The molecule has 1 unspecified atom stereocenters. The van der Waals surface area contributed by atoms with Crippen LogP contribution in [0.25, 0.3) is 0 Å². The molecule has 4 N–H and O–H groups in total. The Labute approximate surface area is 118 Å². The van der Waals surface area contributed by atoms with Gasteiger partial charge in [-0.15, -0.1) is 0 Å². The molecular weight excluding hydrogens is 287 g/mol. The molecule has 0 aliphatic carbocycles. The van der Waals surface area contributed by atoms with Gasteiger partial charge in [-0.2, -0.15) is 0 Å². The number of carboxylic acids is 2. The number of hydrogen-bond donors (Lipinski definition) is 4. The number of rotatable bonds is 8. The summed E-state index contributed by atoms with van der Waals surface area (Å²) in [6, 6.07) is 2.05. The first-order valence-corrected chi connectivity index (χ1v) is 5.68. The lowest BCUT2D eigenvalue weighted by Gasteiger charge is -2.16. The van der Waals surface area contributed by atoms with E-state index in [4.69, 9.17) is 14.9 Å². The van der Waals surface area contributed by atoms with Gasteiger partial charge >= 0.3 is 11.9 Å². The summed E-state index contributed by atoms with van der Waals surface area (Å²) in [6.07, 6.45) is -0.972. The Bertz CT molecular complexity index is 563. The monoisotopic (exact) mass is 300 g/mol. The number of hydrazine groups is 1. The molecule has 0 bridgehead atoms. The maximum Gasteiger partial charge on any atom is 0.330 e. The smallest absolute Gasteiger partial charge is 0.330 e. The highest BCUT2D eigenvalue weighted by atomic mass is 19.1. The van der Waals surface area contributed by atoms with Gasteiger partial charge in [-0.25, -0.2) is 14.6 Å².